The summed E-state index contributed by atoms with van der Waals surface area (Å²) in [6.07, 6.45) is -2.76. The van der Waals surface area contributed by atoms with Crippen molar-refractivity contribution in [2.75, 3.05) is 17.3 Å². The number of nitrogens with one attached hydrogen (secondary N) is 2. The molecule has 0 bridgehead atoms. The maximum absolute atomic E-state index is 12.7. The third-order valence-corrected chi connectivity index (χ3v) is 4.51. The number of H-pyrrole nitrogens is 1. The van der Waals surface area contributed by atoms with Gasteiger partial charge in [0.25, 0.3) is 0 Å². The molecule has 0 aliphatic rings. The largest absolute Gasteiger partial charge is 0.416 e. The van der Waals surface area contributed by atoms with Gasteiger partial charge in [0.2, 0.25) is 0 Å². The molecule has 0 aliphatic carbocycles. The third kappa shape index (κ3) is 3.85. The minimum atomic E-state index is -4.55. The second-order valence-electron chi connectivity index (χ2n) is 4.28. The number of nitrogen functional groups attached to an aromatic ring is 1. The van der Waals surface area contributed by atoms with Gasteiger partial charge >= 0.3 is 6.18 Å². The summed E-state index contributed by atoms with van der Waals surface area (Å²) in [4.78, 5) is 0.767. The van der Waals surface area contributed by atoms with Gasteiger partial charge in [0.1, 0.15) is 10.7 Å². The fraction of sp³-hybridized carbons (Fsp3) is 0.167. The lowest BCUT2D eigenvalue weighted by Crippen LogP contribution is -2.14. The van der Waals surface area contributed by atoms with E-state index < -0.39 is 11.7 Å². The van der Waals surface area contributed by atoms with Gasteiger partial charge in [-0.3, -0.25) is 5.10 Å². The summed E-state index contributed by atoms with van der Waals surface area (Å²) in [5, 5.41) is 8.80. The molecule has 124 valence electrons. The van der Waals surface area contributed by atoms with E-state index in [0.717, 1.165) is 12.1 Å². The Morgan fingerprint density at radius 2 is 1.91 bits per heavy atom. The summed E-state index contributed by atoms with van der Waals surface area (Å²) < 4.78 is 38.1. The summed E-state index contributed by atoms with van der Waals surface area (Å²) in [7, 11) is 0. The molecule has 2 aromatic rings. The van der Waals surface area contributed by atoms with Crippen molar-refractivity contribution in [1.82, 2.24) is 10.2 Å². The Bertz CT molecular complexity index is 738. The zero-order chi connectivity index (χ0) is 17.4. The highest BCUT2D eigenvalue weighted by atomic mass is 35.5. The molecule has 0 unspecified atom stereocenters. The fourth-order valence-corrected chi connectivity index (χ4v) is 3.24. The Morgan fingerprint density at radius 3 is 2.39 bits per heavy atom. The summed E-state index contributed by atoms with van der Waals surface area (Å²) in [5.74, 6) is 0.265. The first kappa shape index (κ1) is 18.2. The van der Waals surface area contributed by atoms with Gasteiger partial charge in [-0.1, -0.05) is 35.4 Å². The number of halogens is 5. The van der Waals surface area contributed by atoms with E-state index in [1.54, 1.807) is 6.26 Å². The molecule has 2 rings (SSSR count). The molecule has 1 heterocycles. The molecule has 0 atom stereocenters. The number of thiocarbonyl (C=S) groups is 1. The molecular formula is C12H9Cl2F3N4S2. The van der Waals surface area contributed by atoms with E-state index >= 15 is 0 Å². The number of rotatable bonds is 3. The molecule has 4 N–H and O–H groups in total. The van der Waals surface area contributed by atoms with Crippen LogP contribution in [0.3, 0.4) is 0 Å². The zero-order valence-electron chi connectivity index (χ0n) is 11.4. The van der Waals surface area contributed by atoms with Crippen LogP contribution in [0.1, 0.15) is 11.3 Å². The van der Waals surface area contributed by atoms with Crippen molar-refractivity contribution < 1.29 is 13.2 Å². The van der Waals surface area contributed by atoms with Crippen LogP contribution in [-0.2, 0) is 6.18 Å². The van der Waals surface area contributed by atoms with Gasteiger partial charge < -0.3 is 11.1 Å². The van der Waals surface area contributed by atoms with Gasteiger partial charge in [0.05, 0.1) is 26.2 Å². The van der Waals surface area contributed by atoms with Gasteiger partial charge in [-0.25, -0.2) is 0 Å². The maximum atomic E-state index is 12.7. The van der Waals surface area contributed by atoms with Crippen LogP contribution < -0.4 is 11.1 Å². The predicted molar refractivity (Wildman–Crippen MR) is 91.6 cm³/mol. The lowest BCUT2D eigenvalue weighted by Gasteiger charge is -2.14. The number of aromatic nitrogens is 2. The SMILES string of the molecule is CSc1c(N)n[nH]c1C(=S)Nc1c(Cl)cc(C(F)(F)F)cc1Cl. The normalized spacial score (nSPS) is 11.6. The lowest BCUT2D eigenvalue weighted by molar-refractivity contribution is -0.137. The predicted octanol–water partition coefficient (Wildman–Crippen LogP) is 4.83. The van der Waals surface area contributed by atoms with Crippen molar-refractivity contribution in [3.8, 4) is 0 Å². The van der Waals surface area contributed by atoms with E-state index in [1.165, 1.54) is 11.8 Å². The van der Waals surface area contributed by atoms with Crippen LogP contribution in [0.15, 0.2) is 17.0 Å². The molecule has 0 saturated heterocycles. The molecule has 0 aliphatic heterocycles. The molecular weight excluding hydrogens is 392 g/mol. The molecule has 1 aromatic heterocycles. The molecule has 4 nitrogen and oxygen atoms in total. The molecule has 0 radical (unpaired) electrons. The second kappa shape index (κ2) is 6.76. The third-order valence-electron chi connectivity index (χ3n) is 2.79. The number of anilines is 2. The quantitative estimate of drug-likeness (QED) is 0.508. The number of alkyl halides is 3. The summed E-state index contributed by atoms with van der Waals surface area (Å²) in [6.45, 7) is 0. The van der Waals surface area contributed by atoms with Gasteiger partial charge in [-0.15, -0.1) is 11.8 Å². The molecule has 23 heavy (non-hydrogen) atoms. The Kier molecular flexibility index (Phi) is 5.34. The molecule has 0 amide bonds. The van der Waals surface area contributed by atoms with Gasteiger partial charge in [0.15, 0.2) is 5.82 Å². The van der Waals surface area contributed by atoms with Crippen molar-refractivity contribution in [3.63, 3.8) is 0 Å². The van der Waals surface area contributed by atoms with Crippen LogP contribution in [-0.4, -0.2) is 21.4 Å². The zero-order valence-corrected chi connectivity index (χ0v) is 14.5. The highest BCUT2D eigenvalue weighted by molar-refractivity contribution is 7.99. The van der Waals surface area contributed by atoms with Crippen LogP contribution in [0, 0.1) is 0 Å². The van der Waals surface area contributed by atoms with Gasteiger partial charge in [-0.05, 0) is 18.4 Å². The van der Waals surface area contributed by atoms with Gasteiger partial charge in [0, 0.05) is 0 Å². The van der Waals surface area contributed by atoms with Crippen molar-refractivity contribution in [1.29, 1.82) is 0 Å². The number of benzene rings is 1. The second-order valence-corrected chi connectivity index (χ2v) is 6.32. The van der Waals surface area contributed by atoms with Crippen LogP contribution in [0.2, 0.25) is 10.0 Å². The first-order chi connectivity index (χ1) is 10.6. The van der Waals surface area contributed by atoms with Crippen molar-refractivity contribution in [2.45, 2.75) is 11.1 Å². The molecule has 0 saturated carbocycles. The molecule has 11 heteroatoms. The van der Waals surface area contributed by atoms with Crippen LogP contribution >= 0.6 is 47.2 Å². The van der Waals surface area contributed by atoms with Crippen LogP contribution in [0.25, 0.3) is 0 Å². The van der Waals surface area contributed by atoms with Gasteiger partial charge in [-0.2, -0.15) is 18.3 Å². The first-order valence-corrected chi connectivity index (χ1v) is 8.29. The topological polar surface area (TPSA) is 66.7 Å². The summed E-state index contributed by atoms with van der Waals surface area (Å²) in [6, 6.07) is 1.55. The minimum Gasteiger partial charge on any atom is -0.381 e. The van der Waals surface area contributed by atoms with E-state index in [4.69, 9.17) is 41.2 Å². The highest BCUT2D eigenvalue weighted by Crippen LogP contribution is 2.39. The average Bonchev–Trinajstić information content (AvgIpc) is 2.82. The standard InChI is InChI=1S/C12H9Cl2F3N4S2/c1-23-9-8(20-21-10(9)18)11(22)19-7-5(13)2-4(3-6(7)14)12(15,16)17/h2-3H,1H3,(H,19,22)(H3,18,20,21). The fourth-order valence-electron chi connectivity index (χ4n) is 1.74. The number of hydrogen-bond acceptors (Lipinski definition) is 4. The van der Waals surface area contributed by atoms with E-state index in [-0.39, 0.29) is 26.5 Å². The molecule has 0 fully saturated rings. The smallest absolute Gasteiger partial charge is 0.381 e. The first-order valence-electron chi connectivity index (χ1n) is 5.90. The number of nitrogens with zero attached hydrogens (tertiary/aromatic N) is 1. The number of thioether (sulfide) groups is 1. The Balaban J connectivity index is 2.35. The number of nitrogens with two attached hydrogens (primary N) is 1. The van der Waals surface area contributed by atoms with Crippen LogP contribution in [0.4, 0.5) is 24.7 Å². The van der Waals surface area contributed by atoms with E-state index in [9.17, 15) is 13.2 Å². The Hall–Kier alpha value is -1.16. The lowest BCUT2D eigenvalue weighted by atomic mass is 10.2. The van der Waals surface area contributed by atoms with E-state index in [0.29, 0.717) is 10.6 Å². The van der Waals surface area contributed by atoms with Crippen molar-refractivity contribution >= 4 is 63.7 Å². The van der Waals surface area contributed by atoms with Crippen LogP contribution in [0.5, 0.6) is 0 Å². The summed E-state index contributed by atoms with van der Waals surface area (Å²) >= 11 is 18.3. The number of aromatic amines is 1. The average molecular weight is 401 g/mol. The van der Waals surface area contributed by atoms with Crippen molar-refractivity contribution in [2.24, 2.45) is 0 Å². The molecule has 0 spiro atoms. The maximum Gasteiger partial charge on any atom is 0.416 e. The van der Waals surface area contributed by atoms with Crippen molar-refractivity contribution in [3.05, 3.63) is 33.4 Å². The monoisotopic (exact) mass is 400 g/mol. The Morgan fingerprint density at radius 1 is 1.35 bits per heavy atom. The summed E-state index contributed by atoms with van der Waals surface area (Å²) in [5.41, 5.74) is 5.24. The Labute approximate surface area is 148 Å². The van der Waals surface area contributed by atoms with E-state index in [1.807, 2.05) is 0 Å². The highest BCUT2D eigenvalue weighted by Gasteiger charge is 2.32. The molecule has 1 aromatic carbocycles. The van der Waals surface area contributed by atoms with E-state index in [2.05, 4.69) is 15.5 Å². The number of hydrogen-bond donors (Lipinski definition) is 3. The minimum absolute atomic E-state index is 0.0755.